The summed E-state index contributed by atoms with van der Waals surface area (Å²) in [4.78, 5) is 13.8. The molecule has 0 bridgehead atoms. The van der Waals surface area contributed by atoms with Crippen LogP contribution in [0.4, 0.5) is 8.78 Å². The van der Waals surface area contributed by atoms with Crippen LogP contribution in [0.1, 0.15) is 30.5 Å². The lowest BCUT2D eigenvalue weighted by atomic mass is 10.0. The first-order chi connectivity index (χ1) is 11.0. The molecule has 2 aromatic rings. The Labute approximate surface area is 146 Å². The van der Waals surface area contributed by atoms with Crippen molar-refractivity contribution >= 4 is 18.3 Å². The monoisotopic (exact) mass is 354 g/mol. The van der Waals surface area contributed by atoms with Crippen molar-refractivity contribution in [2.24, 2.45) is 5.73 Å². The Morgan fingerprint density at radius 2 is 1.67 bits per heavy atom. The quantitative estimate of drug-likeness (QED) is 0.857. The van der Waals surface area contributed by atoms with Crippen LogP contribution in [0.5, 0.6) is 0 Å². The summed E-state index contributed by atoms with van der Waals surface area (Å²) >= 11 is 0. The Balaban J connectivity index is 0.00000288. The number of nitrogens with two attached hydrogens (primary N) is 1. The molecule has 0 aliphatic heterocycles. The zero-order chi connectivity index (χ0) is 16.8. The molecule has 0 fully saturated rings. The smallest absolute Gasteiger partial charge is 0.224 e. The highest BCUT2D eigenvalue weighted by atomic mass is 35.5. The first kappa shape index (κ1) is 20.1. The normalized spacial score (nSPS) is 11.5. The van der Waals surface area contributed by atoms with E-state index in [4.69, 9.17) is 5.73 Å². The molecule has 0 aliphatic rings. The average Bonchev–Trinajstić information content (AvgIpc) is 2.55. The molecular formula is C18H21ClF2N2O. The first-order valence-electron chi connectivity index (χ1n) is 7.54. The van der Waals surface area contributed by atoms with Crippen molar-refractivity contribution in [3.05, 3.63) is 71.3 Å². The van der Waals surface area contributed by atoms with E-state index in [2.05, 4.69) is 0 Å². The van der Waals surface area contributed by atoms with Crippen LogP contribution in [0.3, 0.4) is 0 Å². The number of carbonyl (C=O) groups excluding carboxylic acids is 1. The largest absolute Gasteiger partial charge is 0.338 e. The van der Waals surface area contributed by atoms with Crippen LogP contribution in [0.2, 0.25) is 0 Å². The molecule has 0 saturated heterocycles. The lowest BCUT2D eigenvalue weighted by Gasteiger charge is -2.23. The van der Waals surface area contributed by atoms with Gasteiger partial charge in [0.05, 0.1) is 6.54 Å². The summed E-state index contributed by atoms with van der Waals surface area (Å²) in [5.74, 6) is -1.53. The van der Waals surface area contributed by atoms with E-state index < -0.39 is 17.7 Å². The van der Waals surface area contributed by atoms with Crippen LogP contribution in [-0.4, -0.2) is 17.4 Å². The summed E-state index contributed by atoms with van der Waals surface area (Å²) in [7, 11) is 0. The highest BCUT2D eigenvalue weighted by Crippen LogP contribution is 2.18. The van der Waals surface area contributed by atoms with E-state index in [1.54, 1.807) is 6.92 Å². The molecule has 1 unspecified atom stereocenters. The number of hydrogen-bond acceptors (Lipinski definition) is 2. The van der Waals surface area contributed by atoms with Gasteiger partial charge in [-0.25, -0.2) is 8.78 Å². The number of halogens is 3. The molecular weight excluding hydrogens is 334 g/mol. The molecule has 2 rings (SSSR count). The Kier molecular flexibility index (Phi) is 7.82. The second kappa shape index (κ2) is 9.35. The molecule has 0 radical (unpaired) electrons. The van der Waals surface area contributed by atoms with Crippen molar-refractivity contribution in [2.75, 3.05) is 6.54 Å². The molecule has 1 atom stereocenters. The van der Waals surface area contributed by atoms with Gasteiger partial charge in [0.1, 0.15) is 11.6 Å². The fourth-order valence-corrected chi connectivity index (χ4v) is 2.39. The van der Waals surface area contributed by atoms with Crippen LogP contribution in [0, 0.1) is 11.6 Å². The minimum atomic E-state index is -0.649. The minimum absolute atomic E-state index is 0. The molecule has 3 nitrogen and oxygen atoms in total. The van der Waals surface area contributed by atoms with E-state index in [0.29, 0.717) is 6.54 Å². The van der Waals surface area contributed by atoms with E-state index in [0.717, 1.165) is 5.56 Å². The SMILES string of the molecule is CCN(Cc1c(F)cccc1F)C(=O)CC(N)c1ccccc1.Cl. The zero-order valence-corrected chi connectivity index (χ0v) is 14.2. The molecule has 130 valence electrons. The molecule has 2 aromatic carbocycles. The van der Waals surface area contributed by atoms with E-state index in [1.807, 2.05) is 30.3 Å². The van der Waals surface area contributed by atoms with E-state index in [1.165, 1.54) is 23.1 Å². The number of amides is 1. The van der Waals surface area contributed by atoms with Gasteiger partial charge in [0, 0.05) is 24.6 Å². The maximum absolute atomic E-state index is 13.7. The Morgan fingerprint density at radius 1 is 1.08 bits per heavy atom. The van der Waals surface area contributed by atoms with Crippen molar-refractivity contribution in [1.82, 2.24) is 4.90 Å². The number of nitrogens with zero attached hydrogens (tertiary/aromatic N) is 1. The highest BCUT2D eigenvalue weighted by molar-refractivity contribution is 5.85. The number of benzene rings is 2. The van der Waals surface area contributed by atoms with Crippen LogP contribution in [0.15, 0.2) is 48.5 Å². The van der Waals surface area contributed by atoms with Gasteiger partial charge >= 0.3 is 0 Å². The van der Waals surface area contributed by atoms with E-state index >= 15 is 0 Å². The second-order valence-corrected chi connectivity index (χ2v) is 5.33. The van der Waals surface area contributed by atoms with Crippen LogP contribution in [-0.2, 0) is 11.3 Å². The zero-order valence-electron chi connectivity index (χ0n) is 13.4. The molecule has 24 heavy (non-hydrogen) atoms. The standard InChI is InChI=1S/C18H20F2N2O.ClH/c1-2-22(12-14-15(19)9-6-10-16(14)20)18(23)11-17(21)13-7-4-3-5-8-13;/h3-10,17H,2,11-12,21H2,1H3;1H. The third-order valence-corrected chi connectivity index (χ3v) is 3.77. The fraction of sp³-hybridized carbons (Fsp3) is 0.278. The predicted molar refractivity (Wildman–Crippen MR) is 92.7 cm³/mol. The maximum atomic E-state index is 13.7. The van der Waals surface area contributed by atoms with E-state index in [9.17, 15) is 13.6 Å². The van der Waals surface area contributed by atoms with E-state index in [-0.39, 0.29) is 36.8 Å². The predicted octanol–water partition coefficient (Wildman–Crippen LogP) is 3.83. The number of hydrogen-bond donors (Lipinski definition) is 1. The lowest BCUT2D eigenvalue weighted by molar-refractivity contribution is -0.132. The van der Waals surface area contributed by atoms with Gasteiger partial charge in [0.2, 0.25) is 5.91 Å². The average molecular weight is 355 g/mol. The molecule has 0 heterocycles. The lowest BCUT2D eigenvalue weighted by Crippen LogP contribution is -2.33. The Morgan fingerprint density at radius 3 is 2.21 bits per heavy atom. The highest BCUT2D eigenvalue weighted by Gasteiger charge is 2.19. The molecule has 6 heteroatoms. The minimum Gasteiger partial charge on any atom is -0.338 e. The van der Waals surface area contributed by atoms with Crippen LogP contribution >= 0.6 is 12.4 Å². The molecule has 0 saturated carbocycles. The summed E-state index contributed by atoms with van der Waals surface area (Å²) < 4.78 is 27.5. The first-order valence-corrected chi connectivity index (χ1v) is 7.54. The van der Waals surface area contributed by atoms with Gasteiger partial charge in [-0.1, -0.05) is 36.4 Å². The van der Waals surface area contributed by atoms with Gasteiger partial charge in [-0.2, -0.15) is 0 Å². The summed E-state index contributed by atoms with van der Waals surface area (Å²) in [6, 6.07) is 12.5. The molecule has 1 amide bonds. The number of rotatable bonds is 6. The van der Waals surface area contributed by atoms with Gasteiger partial charge in [0.25, 0.3) is 0 Å². The maximum Gasteiger partial charge on any atom is 0.224 e. The van der Waals surface area contributed by atoms with Gasteiger partial charge in [-0.15, -0.1) is 12.4 Å². The topological polar surface area (TPSA) is 46.3 Å². The van der Waals surface area contributed by atoms with Crippen molar-refractivity contribution in [1.29, 1.82) is 0 Å². The third kappa shape index (κ3) is 5.01. The van der Waals surface area contributed by atoms with Crippen molar-refractivity contribution in [2.45, 2.75) is 25.9 Å². The summed E-state index contributed by atoms with van der Waals surface area (Å²) in [5.41, 5.74) is 6.80. The molecule has 0 aliphatic carbocycles. The van der Waals surface area contributed by atoms with Gasteiger partial charge < -0.3 is 10.6 Å². The van der Waals surface area contributed by atoms with Gasteiger partial charge in [-0.05, 0) is 24.6 Å². The Bertz CT molecular complexity index is 647. The number of carbonyl (C=O) groups is 1. The van der Waals surface area contributed by atoms with Crippen molar-refractivity contribution in [3.8, 4) is 0 Å². The molecule has 2 N–H and O–H groups in total. The van der Waals surface area contributed by atoms with Crippen molar-refractivity contribution in [3.63, 3.8) is 0 Å². The van der Waals surface area contributed by atoms with Crippen LogP contribution < -0.4 is 5.73 Å². The summed E-state index contributed by atoms with van der Waals surface area (Å²) in [6.07, 6.45) is 0.0912. The fourth-order valence-electron chi connectivity index (χ4n) is 2.39. The van der Waals surface area contributed by atoms with Crippen LogP contribution in [0.25, 0.3) is 0 Å². The van der Waals surface area contributed by atoms with Gasteiger partial charge in [0.15, 0.2) is 0 Å². The van der Waals surface area contributed by atoms with Gasteiger partial charge in [-0.3, -0.25) is 4.79 Å². The second-order valence-electron chi connectivity index (χ2n) is 5.33. The summed E-state index contributed by atoms with van der Waals surface area (Å²) in [5, 5.41) is 0. The van der Waals surface area contributed by atoms with Crippen molar-refractivity contribution < 1.29 is 13.6 Å². The summed E-state index contributed by atoms with van der Waals surface area (Å²) in [6.45, 7) is 2.02. The molecule has 0 spiro atoms. The Hall–Kier alpha value is -1.98. The molecule has 0 aromatic heterocycles. The third-order valence-electron chi connectivity index (χ3n) is 3.77.